The van der Waals surface area contributed by atoms with Crippen LogP contribution in [0.5, 0.6) is 0 Å². The second-order valence-electron chi connectivity index (χ2n) is 7.03. The third kappa shape index (κ3) is 4.03. The van der Waals surface area contributed by atoms with Crippen LogP contribution in [0.25, 0.3) is 0 Å². The van der Waals surface area contributed by atoms with E-state index in [2.05, 4.69) is 22.7 Å². The van der Waals surface area contributed by atoms with Gasteiger partial charge >= 0.3 is 0 Å². The molecule has 1 saturated heterocycles. The van der Waals surface area contributed by atoms with Crippen molar-refractivity contribution in [3.63, 3.8) is 0 Å². The van der Waals surface area contributed by atoms with Crippen molar-refractivity contribution in [1.82, 2.24) is 14.5 Å². The number of piperidine rings is 1. The number of hydrogen-bond acceptors (Lipinski definition) is 3. The number of rotatable bonds is 5. The fourth-order valence-corrected chi connectivity index (χ4v) is 3.52. The standard InChI is InChI=1S/C20H28N4O/c1-4-19-21-10-13-24(19)15-16-8-11-23(12-9-16)20(25)17-6-5-7-18(14-17)22(2)3/h5-7,10,13-14,16H,4,8-9,11-12,15H2,1-3H3. The fraction of sp³-hybridized carbons (Fsp3) is 0.500. The molecule has 5 nitrogen and oxygen atoms in total. The van der Waals surface area contributed by atoms with Crippen LogP contribution in [-0.2, 0) is 13.0 Å². The normalized spacial score (nSPS) is 15.4. The van der Waals surface area contributed by atoms with E-state index < -0.39 is 0 Å². The minimum Gasteiger partial charge on any atom is -0.378 e. The van der Waals surface area contributed by atoms with E-state index in [-0.39, 0.29) is 5.91 Å². The molecule has 2 heterocycles. The lowest BCUT2D eigenvalue weighted by atomic mass is 9.96. The largest absolute Gasteiger partial charge is 0.378 e. The number of amides is 1. The van der Waals surface area contributed by atoms with Crippen molar-refractivity contribution in [2.45, 2.75) is 32.7 Å². The van der Waals surface area contributed by atoms with Crippen molar-refractivity contribution in [2.75, 3.05) is 32.1 Å². The number of carbonyl (C=O) groups excluding carboxylic acids is 1. The van der Waals surface area contributed by atoms with E-state index >= 15 is 0 Å². The molecule has 0 atom stereocenters. The first-order chi connectivity index (χ1) is 12.1. The number of anilines is 1. The Kier molecular flexibility index (Phi) is 5.41. The Morgan fingerprint density at radius 1 is 1.28 bits per heavy atom. The summed E-state index contributed by atoms with van der Waals surface area (Å²) >= 11 is 0. The molecule has 0 bridgehead atoms. The zero-order chi connectivity index (χ0) is 17.8. The molecule has 5 heteroatoms. The third-order valence-electron chi connectivity index (χ3n) is 5.08. The van der Waals surface area contributed by atoms with Gasteiger partial charge in [-0.25, -0.2) is 4.98 Å². The zero-order valence-electron chi connectivity index (χ0n) is 15.5. The summed E-state index contributed by atoms with van der Waals surface area (Å²) in [6.07, 6.45) is 7.03. The molecule has 1 aromatic heterocycles. The molecule has 3 rings (SSSR count). The van der Waals surface area contributed by atoms with Gasteiger partial charge < -0.3 is 14.4 Å². The number of aryl methyl sites for hydroxylation is 1. The molecular weight excluding hydrogens is 312 g/mol. The summed E-state index contributed by atoms with van der Waals surface area (Å²) < 4.78 is 2.27. The van der Waals surface area contributed by atoms with Crippen molar-refractivity contribution < 1.29 is 4.79 Å². The van der Waals surface area contributed by atoms with Crippen LogP contribution in [0.15, 0.2) is 36.7 Å². The number of imidazole rings is 1. The molecule has 1 aliphatic rings. The van der Waals surface area contributed by atoms with Crippen LogP contribution < -0.4 is 4.90 Å². The van der Waals surface area contributed by atoms with Gasteiger partial charge in [-0.3, -0.25) is 4.79 Å². The molecular formula is C20H28N4O. The first kappa shape index (κ1) is 17.5. The minimum absolute atomic E-state index is 0.152. The Morgan fingerprint density at radius 2 is 2.04 bits per heavy atom. The van der Waals surface area contributed by atoms with E-state index in [9.17, 15) is 4.79 Å². The molecule has 1 amide bonds. The van der Waals surface area contributed by atoms with Crippen molar-refractivity contribution >= 4 is 11.6 Å². The van der Waals surface area contributed by atoms with Gasteiger partial charge in [0.15, 0.2) is 0 Å². The maximum Gasteiger partial charge on any atom is 0.253 e. The van der Waals surface area contributed by atoms with E-state index in [1.807, 2.05) is 54.4 Å². The van der Waals surface area contributed by atoms with Gasteiger partial charge in [0, 0.05) is 63.8 Å². The van der Waals surface area contributed by atoms with Crippen molar-refractivity contribution in [1.29, 1.82) is 0 Å². The number of benzene rings is 1. The zero-order valence-corrected chi connectivity index (χ0v) is 15.5. The quantitative estimate of drug-likeness (QED) is 0.840. The Morgan fingerprint density at radius 3 is 2.72 bits per heavy atom. The van der Waals surface area contributed by atoms with Crippen LogP contribution in [0.1, 0.15) is 35.9 Å². The highest BCUT2D eigenvalue weighted by Crippen LogP contribution is 2.22. The average Bonchev–Trinajstić information content (AvgIpc) is 3.09. The highest BCUT2D eigenvalue weighted by atomic mass is 16.2. The highest BCUT2D eigenvalue weighted by Gasteiger charge is 2.24. The maximum absolute atomic E-state index is 12.8. The summed E-state index contributed by atoms with van der Waals surface area (Å²) in [4.78, 5) is 21.2. The lowest BCUT2D eigenvalue weighted by Gasteiger charge is -2.32. The van der Waals surface area contributed by atoms with Gasteiger partial charge in [-0.1, -0.05) is 13.0 Å². The smallest absolute Gasteiger partial charge is 0.253 e. The molecule has 0 saturated carbocycles. The lowest BCUT2D eigenvalue weighted by molar-refractivity contribution is 0.0682. The maximum atomic E-state index is 12.8. The topological polar surface area (TPSA) is 41.4 Å². The van der Waals surface area contributed by atoms with Gasteiger partial charge in [0.05, 0.1) is 0 Å². The Labute approximate surface area is 150 Å². The van der Waals surface area contributed by atoms with E-state index in [1.165, 1.54) is 0 Å². The van der Waals surface area contributed by atoms with Crippen molar-refractivity contribution in [3.8, 4) is 0 Å². The molecule has 0 radical (unpaired) electrons. The van der Waals surface area contributed by atoms with Gasteiger partial charge in [-0.05, 0) is 37.0 Å². The fourth-order valence-electron chi connectivity index (χ4n) is 3.52. The summed E-state index contributed by atoms with van der Waals surface area (Å²) in [7, 11) is 3.99. The second kappa shape index (κ2) is 7.72. The van der Waals surface area contributed by atoms with Gasteiger partial charge in [-0.15, -0.1) is 0 Å². The van der Waals surface area contributed by atoms with E-state index in [0.29, 0.717) is 5.92 Å². The highest BCUT2D eigenvalue weighted by molar-refractivity contribution is 5.95. The average molecular weight is 340 g/mol. The summed E-state index contributed by atoms with van der Waals surface area (Å²) in [5, 5.41) is 0. The second-order valence-corrected chi connectivity index (χ2v) is 7.03. The van der Waals surface area contributed by atoms with Crippen LogP contribution in [0.3, 0.4) is 0 Å². The van der Waals surface area contributed by atoms with E-state index in [0.717, 1.165) is 56.0 Å². The minimum atomic E-state index is 0.152. The molecule has 0 spiro atoms. The monoisotopic (exact) mass is 340 g/mol. The molecule has 25 heavy (non-hydrogen) atoms. The number of carbonyl (C=O) groups is 1. The van der Waals surface area contributed by atoms with Crippen LogP contribution in [0, 0.1) is 5.92 Å². The molecule has 1 fully saturated rings. The number of hydrogen-bond donors (Lipinski definition) is 0. The van der Waals surface area contributed by atoms with Crippen LogP contribution in [-0.4, -0.2) is 47.5 Å². The predicted molar refractivity (Wildman–Crippen MR) is 101 cm³/mol. The summed E-state index contributed by atoms with van der Waals surface area (Å²) in [5.74, 6) is 1.93. The molecule has 0 unspecified atom stereocenters. The Balaban J connectivity index is 1.58. The first-order valence-corrected chi connectivity index (χ1v) is 9.15. The first-order valence-electron chi connectivity index (χ1n) is 9.15. The molecule has 2 aromatic rings. The Bertz CT molecular complexity index is 714. The third-order valence-corrected chi connectivity index (χ3v) is 5.08. The van der Waals surface area contributed by atoms with E-state index in [4.69, 9.17) is 0 Å². The lowest BCUT2D eigenvalue weighted by Crippen LogP contribution is -2.39. The Hall–Kier alpha value is -2.30. The molecule has 1 aliphatic heterocycles. The van der Waals surface area contributed by atoms with Gasteiger partial charge in [0.1, 0.15) is 5.82 Å². The van der Waals surface area contributed by atoms with Gasteiger partial charge in [0.2, 0.25) is 0 Å². The SMILES string of the molecule is CCc1nccn1CC1CCN(C(=O)c2cccc(N(C)C)c2)CC1. The number of nitrogens with zero attached hydrogens (tertiary/aromatic N) is 4. The van der Waals surface area contributed by atoms with Crippen LogP contribution in [0.4, 0.5) is 5.69 Å². The van der Waals surface area contributed by atoms with Gasteiger partial charge in [-0.2, -0.15) is 0 Å². The number of likely N-dealkylation sites (tertiary alicyclic amines) is 1. The molecule has 134 valence electrons. The predicted octanol–water partition coefficient (Wildman–Crippen LogP) is 3.06. The summed E-state index contributed by atoms with van der Waals surface area (Å²) in [6.45, 7) is 4.83. The molecule has 0 aliphatic carbocycles. The van der Waals surface area contributed by atoms with Crippen molar-refractivity contribution in [2.24, 2.45) is 5.92 Å². The van der Waals surface area contributed by atoms with Gasteiger partial charge in [0.25, 0.3) is 5.91 Å². The van der Waals surface area contributed by atoms with Crippen LogP contribution >= 0.6 is 0 Å². The molecule has 0 N–H and O–H groups in total. The van der Waals surface area contributed by atoms with E-state index in [1.54, 1.807) is 0 Å². The van der Waals surface area contributed by atoms with Crippen LogP contribution in [0.2, 0.25) is 0 Å². The summed E-state index contributed by atoms with van der Waals surface area (Å²) in [5.41, 5.74) is 1.85. The van der Waals surface area contributed by atoms with Crippen molar-refractivity contribution in [3.05, 3.63) is 48.0 Å². The summed E-state index contributed by atoms with van der Waals surface area (Å²) in [6, 6.07) is 7.88. The molecule has 1 aromatic carbocycles. The number of aromatic nitrogens is 2.